The Morgan fingerprint density at radius 3 is 2.00 bits per heavy atom. The van der Waals surface area contributed by atoms with E-state index in [-0.39, 0.29) is 25.0 Å². The van der Waals surface area contributed by atoms with Gasteiger partial charge in [-0.2, -0.15) is 0 Å². The Bertz CT molecular complexity index is 607. The van der Waals surface area contributed by atoms with Crippen molar-refractivity contribution >= 4 is 11.8 Å². The number of carbonyl (C=O) groups excluding carboxylic acids is 2. The number of carbonyl (C=O) groups is 2. The average molecular weight is 394 g/mol. The molecule has 1 heterocycles. The van der Waals surface area contributed by atoms with Crippen molar-refractivity contribution in [1.29, 1.82) is 0 Å². The van der Waals surface area contributed by atoms with Gasteiger partial charge in [0.2, 0.25) is 5.91 Å². The molecule has 1 aliphatic heterocycles. The van der Waals surface area contributed by atoms with Gasteiger partial charge in [0, 0.05) is 33.3 Å². The number of hydrogen-bond acceptors (Lipinski definition) is 6. The lowest BCUT2D eigenvalue weighted by molar-refractivity contribution is -0.137. The number of nitrogens with zero attached hydrogens (tertiary/aromatic N) is 2. The molecule has 2 amide bonds. The molecular formula is C20H30N2O6. The Kier molecular flexibility index (Phi) is 9.57. The van der Waals surface area contributed by atoms with Crippen LogP contribution in [-0.2, 0) is 19.1 Å². The topological polar surface area (TPSA) is 77.5 Å². The van der Waals surface area contributed by atoms with Gasteiger partial charge in [-0.05, 0) is 37.6 Å². The van der Waals surface area contributed by atoms with Crippen LogP contribution in [0.3, 0.4) is 0 Å². The monoisotopic (exact) mass is 394 g/mol. The van der Waals surface area contributed by atoms with E-state index in [9.17, 15) is 9.59 Å². The molecule has 8 nitrogen and oxygen atoms in total. The summed E-state index contributed by atoms with van der Waals surface area (Å²) in [5.41, 5.74) is 0. The van der Waals surface area contributed by atoms with E-state index >= 15 is 0 Å². The highest BCUT2D eigenvalue weighted by molar-refractivity contribution is 5.79. The molecule has 1 aromatic carbocycles. The van der Waals surface area contributed by atoms with Crippen molar-refractivity contribution in [3.63, 3.8) is 0 Å². The number of methoxy groups -OCH3 is 1. The van der Waals surface area contributed by atoms with Crippen molar-refractivity contribution in [1.82, 2.24) is 9.80 Å². The van der Waals surface area contributed by atoms with Crippen LogP contribution in [0.15, 0.2) is 24.3 Å². The predicted octanol–water partition coefficient (Wildman–Crippen LogP) is 1.19. The van der Waals surface area contributed by atoms with Gasteiger partial charge in [-0.1, -0.05) is 0 Å². The van der Waals surface area contributed by atoms with Crippen molar-refractivity contribution in [2.24, 2.45) is 0 Å². The summed E-state index contributed by atoms with van der Waals surface area (Å²) in [7, 11) is 1.59. The Morgan fingerprint density at radius 2 is 1.43 bits per heavy atom. The molecule has 0 radical (unpaired) electrons. The van der Waals surface area contributed by atoms with Crippen LogP contribution in [0, 0.1) is 0 Å². The van der Waals surface area contributed by atoms with Gasteiger partial charge in [-0.15, -0.1) is 0 Å². The minimum Gasteiger partial charge on any atom is -0.494 e. The first-order valence-electron chi connectivity index (χ1n) is 9.62. The molecule has 0 atom stereocenters. The molecule has 8 heteroatoms. The van der Waals surface area contributed by atoms with Crippen LogP contribution < -0.4 is 9.47 Å². The first-order valence-corrected chi connectivity index (χ1v) is 9.62. The molecule has 28 heavy (non-hydrogen) atoms. The normalized spacial score (nSPS) is 14.5. The van der Waals surface area contributed by atoms with Crippen LogP contribution in [-0.4, -0.2) is 87.9 Å². The third-order valence-corrected chi connectivity index (χ3v) is 4.36. The summed E-state index contributed by atoms with van der Waals surface area (Å²) in [5.74, 6) is 1.25. The van der Waals surface area contributed by atoms with Gasteiger partial charge in [0.05, 0.1) is 19.8 Å². The fourth-order valence-electron chi connectivity index (χ4n) is 2.84. The van der Waals surface area contributed by atoms with Gasteiger partial charge in [0.25, 0.3) is 5.91 Å². The zero-order valence-electron chi connectivity index (χ0n) is 16.7. The van der Waals surface area contributed by atoms with Gasteiger partial charge in [-0.3, -0.25) is 9.59 Å². The number of amides is 2. The molecule has 0 bridgehead atoms. The molecule has 1 fully saturated rings. The fourth-order valence-corrected chi connectivity index (χ4v) is 2.84. The van der Waals surface area contributed by atoms with Gasteiger partial charge >= 0.3 is 0 Å². The minimum atomic E-state index is -0.0838. The lowest BCUT2D eigenvalue weighted by Crippen LogP contribution is -2.40. The second-order valence-electron chi connectivity index (χ2n) is 6.35. The summed E-state index contributed by atoms with van der Waals surface area (Å²) in [5, 5.41) is 0. The summed E-state index contributed by atoms with van der Waals surface area (Å²) >= 11 is 0. The molecule has 0 spiro atoms. The summed E-state index contributed by atoms with van der Waals surface area (Å²) in [6.07, 6.45) is 0.735. The first-order chi connectivity index (χ1) is 13.6. The van der Waals surface area contributed by atoms with Gasteiger partial charge in [-0.25, -0.2) is 0 Å². The largest absolute Gasteiger partial charge is 0.494 e. The van der Waals surface area contributed by atoms with E-state index in [1.807, 2.05) is 19.1 Å². The summed E-state index contributed by atoms with van der Waals surface area (Å²) in [6.45, 7) is 5.62. The Morgan fingerprint density at radius 1 is 0.857 bits per heavy atom. The first kappa shape index (κ1) is 22.0. The molecular weight excluding hydrogens is 364 g/mol. The van der Waals surface area contributed by atoms with Crippen LogP contribution in [0.1, 0.15) is 13.3 Å². The highest BCUT2D eigenvalue weighted by Crippen LogP contribution is 2.17. The van der Waals surface area contributed by atoms with Crippen molar-refractivity contribution in [2.45, 2.75) is 13.3 Å². The van der Waals surface area contributed by atoms with E-state index in [4.69, 9.17) is 18.9 Å². The van der Waals surface area contributed by atoms with Crippen LogP contribution in [0.5, 0.6) is 11.5 Å². The van der Waals surface area contributed by atoms with E-state index in [2.05, 4.69) is 0 Å². The molecule has 1 aliphatic rings. The maximum atomic E-state index is 12.4. The lowest BCUT2D eigenvalue weighted by atomic mass is 10.3. The third-order valence-electron chi connectivity index (χ3n) is 4.36. The third kappa shape index (κ3) is 7.36. The van der Waals surface area contributed by atoms with E-state index in [0.717, 1.165) is 12.2 Å². The molecule has 2 rings (SSSR count). The van der Waals surface area contributed by atoms with Crippen LogP contribution in [0.25, 0.3) is 0 Å². The van der Waals surface area contributed by atoms with Crippen LogP contribution >= 0.6 is 0 Å². The second kappa shape index (κ2) is 12.2. The van der Waals surface area contributed by atoms with E-state index < -0.39 is 0 Å². The Balaban J connectivity index is 1.73. The van der Waals surface area contributed by atoms with E-state index in [1.165, 1.54) is 0 Å². The average Bonchev–Trinajstić information content (AvgIpc) is 2.97. The summed E-state index contributed by atoms with van der Waals surface area (Å²) in [6, 6.07) is 7.19. The van der Waals surface area contributed by atoms with Crippen molar-refractivity contribution in [3.05, 3.63) is 24.3 Å². The molecule has 0 aromatic heterocycles. The second-order valence-corrected chi connectivity index (χ2v) is 6.35. The quantitative estimate of drug-likeness (QED) is 0.555. The standard InChI is InChI=1S/C20H30N2O6/c1-3-27-17-5-7-18(8-6-17)28-16-20(24)22-10-4-9-21(11-12-22)19(23)15-26-14-13-25-2/h5-8H,3-4,9-16H2,1-2H3. The fraction of sp³-hybridized carbons (Fsp3) is 0.600. The molecule has 0 aliphatic carbocycles. The summed E-state index contributed by atoms with van der Waals surface area (Å²) in [4.78, 5) is 28.1. The smallest absolute Gasteiger partial charge is 0.260 e. The molecule has 156 valence electrons. The van der Waals surface area contributed by atoms with Crippen molar-refractivity contribution in [3.8, 4) is 11.5 Å². The Labute approximate surface area is 166 Å². The highest BCUT2D eigenvalue weighted by Gasteiger charge is 2.22. The zero-order chi connectivity index (χ0) is 20.2. The molecule has 0 unspecified atom stereocenters. The number of ether oxygens (including phenoxy) is 4. The van der Waals surface area contributed by atoms with Crippen molar-refractivity contribution < 1.29 is 28.5 Å². The Hall–Kier alpha value is -2.32. The van der Waals surface area contributed by atoms with Crippen LogP contribution in [0.4, 0.5) is 0 Å². The molecule has 0 saturated carbocycles. The maximum Gasteiger partial charge on any atom is 0.260 e. The van der Waals surface area contributed by atoms with Gasteiger partial charge in [0.1, 0.15) is 18.1 Å². The van der Waals surface area contributed by atoms with Gasteiger partial charge in [0.15, 0.2) is 6.61 Å². The van der Waals surface area contributed by atoms with Crippen LogP contribution in [0.2, 0.25) is 0 Å². The number of hydrogen-bond donors (Lipinski definition) is 0. The molecule has 0 N–H and O–H groups in total. The van der Waals surface area contributed by atoms with Crippen molar-refractivity contribution in [2.75, 3.05) is 66.3 Å². The van der Waals surface area contributed by atoms with E-state index in [1.54, 1.807) is 29.0 Å². The number of benzene rings is 1. The van der Waals surface area contributed by atoms with E-state index in [0.29, 0.717) is 51.7 Å². The summed E-state index contributed by atoms with van der Waals surface area (Å²) < 4.78 is 21.1. The molecule has 1 aromatic rings. The minimum absolute atomic E-state index is 0.0257. The maximum absolute atomic E-state index is 12.4. The SMILES string of the molecule is CCOc1ccc(OCC(=O)N2CCCN(C(=O)COCCOC)CC2)cc1. The highest BCUT2D eigenvalue weighted by atomic mass is 16.5. The predicted molar refractivity (Wildman–Crippen MR) is 104 cm³/mol. The number of rotatable bonds is 10. The lowest BCUT2D eigenvalue weighted by Gasteiger charge is -2.22. The molecule has 1 saturated heterocycles. The zero-order valence-corrected chi connectivity index (χ0v) is 16.7. The van der Waals surface area contributed by atoms with Gasteiger partial charge < -0.3 is 28.7 Å².